The summed E-state index contributed by atoms with van der Waals surface area (Å²) in [5, 5.41) is 5.22. The Balaban J connectivity index is 1.75. The molecule has 2 N–H and O–H groups in total. The Morgan fingerprint density at radius 1 is 1.10 bits per heavy atom. The van der Waals surface area contributed by atoms with Gasteiger partial charge < -0.3 is 10.6 Å². The smallest absolute Gasteiger partial charge is 0.325 e. The summed E-state index contributed by atoms with van der Waals surface area (Å²) < 4.78 is 27.1. The number of hydrogen-bond acceptors (Lipinski definition) is 3. The monoisotopic (exact) mass is 415 g/mol. The molecule has 0 aliphatic carbocycles. The molecule has 158 valence electrons. The lowest BCUT2D eigenvalue weighted by atomic mass is 9.85. The Kier molecular flexibility index (Phi) is 6.44. The first-order chi connectivity index (χ1) is 14.4. The quantitative estimate of drug-likeness (QED) is 0.650. The van der Waals surface area contributed by atoms with Crippen molar-refractivity contribution < 1.29 is 23.2 Å². The van der Waals surface area contributed by atoms with Gasteiger partial charge in [0, 0.05) is 12.1 Å². The predicted octanol–water partition coefficient (Wildman–Crippen LogP) is 3.22. The van der Waals surface area contributed by atoms with Crippen LogP contribution in [0, 0.1) is 11.6 Å². The Morgan fingerprint density at radius 2 is 1.80 bits per heavy atom. The molecule has 0 spiro atoms. The van der Waals surface area contributed by atoms with E-state index in [1.807, 2.05) is 6.92 Å². The van der Waals surface area contributed by atoms with E-state index < -0.39 is 41.6 Å². The number of hydrogen-bond donors (Lipinski definition) is 2. The molecule has 4 amide bonds. The van der Waals surface area contributed by atoms with Gasteiger partial charge in [0.2, 0.25) is 5.91 Å². The van der Waals surface area contributed by atoms with Crippen LogP contribution in [0.2, 0.25) is 0 Å². The largest absolute Gasteiger partial charge is 0.350 e. The second-order valence-electron chi connectivity index (χ2n) is 7.21. The van der Waals surface area contributed by atoms with Gasteiger partial charge in [0.25, 0.3) is 5.91 Å². The Morgan fingerprint density at radius 3 is 2.47 bits per heavy atom. The van der Waals surface area contributed by atoms with Gasteiger partial charge >= 0.3 is 6.03 Å². The standard InChI is InChI=1S/C22H23F2N3O3/c1-2-3-12-22(16-8-10-17(23)11-9-16)20(29)27(21(30)26-22)14-19(28)25-13-15-6-4-5-7-18(15)24/h4-11H,2-3,12-14H2,1H3,(H,25,28)(H,26,30). The first kappa shape index (κ1) is 21.4. The van der Waals surface area contributed by atoms with Crippen LogP contribution in [0.15, 0.2) is 48.5 Å². The van der Waals surface area contributed by atoms with E-state index in [1.165, 1.54) is 36.4 Å². The zero-order valence-corrected chi connectivity index (χ0v) is 16.6. The van der Waals surface area contributed by atoms with Crippen molar-refractivity contribution in [3.63, 3.8) is 0 Å². The van der Waals surface area contributed by atoms with Crippen LogP contribution < -0.4 is 10.6 Å². The molecule has 0 aromatic heterocycles. The van der Waals surface area contributed by atoms with Gasteiger partial charge in [-0.05, 0) is 30.2 Å². The highest BCUT2D eigenvalue weighted by molar-refractivity contribution is 6.09. The summed E-state index contributed by atoms with van der Waals surface area (Å²) >= 11 is 0. The van der Waals surface area contributed by atoms with E-state index >= 15 is 0 Å². The molecule has 30 heavy (non-hydrogen) atoms. The van der Waals surface area contributed by atoms with Crippen LogP contribution in [-0.4, -0.2) is 29.3 Å². The second kappa shape index (κ2) is 9.02. The highest BCUT2D eigenvalue weighted by atomic mass is 19.1. The van der Waals surface area contributed by atoms with Gasteiger partial charge in [0.15, 0.2) is 0 Å². The molecule has 1 atom stereocenters. The van der Waals surface area contributed by atoms with Gasteiger partial charge in [0.1, 0.15) is 23.7 Å². The number of nitrogens with one attached hydrogen (secondary N) is 2. The highest BCUT2D eigenvalue weighted by Gasteiger charge is 2.52. The zero-order chi connectivity index (χ0) is 21.7. The first-order valence-electron chi connectivity index (χ1n) is 9.77. The van der Waals surface area contributed by atoms with E-state index in [4.69, 9.17) is 0 Å². The number of benzene rings is 2. The van der Waals surface area contributed by atoms with Crippen molar-refractivity contribution in [1.29, 1.82) is 0 Å². The van der Waals surface area contributed by atoms with Crippen molar-refractivity contribution in [3.8, 4) is 0 Å². The number of nitrogens with zero attached hydrogens (tertiary/aromatic N) is 1. The van der Waals surface area contributed by atoms with Crippen molar-refractivity contribution in [1.82, 2.24) is 15.5 Å². The van der Waals surface area contributed by atoms with Gasteiger partial charge in [-0.25, -0.2) is 13.6 Å². The molecule has 0 radical (unpaired) electrons. The number of amides is 4. The summed E-state index contributed by atoms with van der Waals surface area (Å²) in [6, 6.07) is 10.7. The third-order valence-electron chi connectivity index (χ3n) is 5.15. The predicted molar refractivity (Wildman–Crippen MR) is 106 cm³/mol. The van der Waals surface area contributed by atoms with E-state index in [9.17, 15) is 23.2 Å². The summed E-state index contributed by atoms with van der Waals surface area (Å²) in [5.74, 6) is -2.06. The number of unbranched alkanes of at least 4 members (excludes halogenated alkanes) is 1. The maximum atomic E-state index is 13.7. The third kappa shape index (κ3) is 4.32. The Hall–Kier alpha value is -3.29. The van der Waals surface area contributed by atoms with Crippen LogP contribution in [0.1, 0.15) is 37.3 Å². The molecule has 8 heteroatoms. The molecule has 1 unspecified atom stereocenters. The normalized spacial score (nSPS) is 18.4. The maximum absolute atomic E-state index is 13.7. The molecule has 2 aromatic carbocycles. The summed E-state index contributed by atoms with van der Waals surface area (Å²) in [4.78, 5) is 38.9. The number of carbonyl (C=O) groups is 3. The fraction of sp³-hybridized carbons (Fsp3) is 0.318. The van der Waals surface area contributed by atoms with Crippen molar-refractivity contribution in [3.05, 3.63) is 71.3 Å². The Bertz CT molecular complexity index is 949. The van der Waals surface area contributed by atoms with Crippen molar-refractivity contribution in [2.24, 2.45) is 0 Å². The lowest BCUT2D eigenvalue weighted by Crippen LogP contribution is -2.45. The van der Waals surface area contributed by atoms with Crippen molar-refractivity contribution in [2.45, 2.75) is 38.3 Å². The van der Waals surface area contributed by atoms with E-state index in [2.05, 4.69) is 10.6 Å². The molecule has 1 aliphatic heterocycles. The van der Waals surface area contributed by atoms with Crippen LogP contribution >= 0.6 is 0 Å². The van der Waals surface area contributed by atoms with E-state index in [-0.39, 0.29) is 6.54 Å². The number of urea groups is 1. The minimum Gasteiger partial charge on any atom is -0.350 e. The van der Waals surface area contributed by atoms with Gasteiger partial charge in [-0.15, -0.1) is 0 Å². The van der Waals surface area contributed by atoms with Crippen LogP contribution in [0.25, 0.3) is 0 Å². The Labute approximate surface area is 173 Å². The molecular weight excluding hydrogens is 392 g/mol. The average molecular weight is 415 g/mol. The summed E-state index contributed by atoms with van der Waals surface area (Å²) in [5.41, 5.74) is -0.580. The average Bonchev–Trinajstić information content (AvgIpc) is 2.97. The lowest BCUT2D eigenvalue weighted by Gasteiger charge is -2.27. The van der Waals surface area contributed by atoms with Crippen molar-refractivity contribution in [2.75, 3.05) is 6.54 Å². The van der Waals surface area contributed by atoms with E-state index in [0.29, 0.717) is 24.0 Å². The second-order valence-corrected chi connectivity index (χ2v) is 7.21. The molecule has 1 aliphatic rings. The zero-order valence-electron chi connectivity index (χ0n) is 16.6. The minimum absolute atomic E-state index is 0.0614. The van der Waals surface area contributed by atoms with Crippen LogP contribution in [0.5, 0.6) is 0 Å². The van der Waals surface area contributed by atoms with Gasteiger partial charge in [-0.1, -0.05) is 50.1 Å². The fourth-order valence-corrected chi connectivity index (χ4v) is 3.49. The van der Waals surface area contributed by atoms with Gasteiger partial charge in [0.05, 0.1) is 0 Å². The van der Waals surface area contributed by atoms with E-state index in [1.54, 1.807) is 12.1 Å². The van der Waals surface area contributed by atoms with Crippen LogP contribution in [0.4, 0.5) is 13.6 Å². The molecule has 1 heterocycles. The van der Waals surface area contributed by atoms with E-state index in [0.717, 1.165) is 11.3 Å². The first-order valence-corrected chi connectivity index (χ1v) is 9.77. The lowest BCUT2D eigenvalue weighted by molar-refractivity contribution is -0.135. The molecule has 3 rings (SSSR count). The SMILES string of the molecule is CCCCC1(c2ccc(F)cc2)NC(=O)N(CC(=O)NCc2ccccc2F)C1=O. The molecule has 1 saturated heterocycles. The summed E-state index contributed by atoms with van der Waals surface area (Å²) in [7, 11) is 0. The summed E-state index contributed by atoms with van der Waals surface area (Å²) in [6.07, 6.45) is 1.76. The van der Waals surface area contributed by atoms with Gasteiger partial charge in [-0.2, -0.15) is 0 Å². The van der Waals surface area contributed by atoms with Crippen LogP contribution in [-0.2, 0) is 21.7 Å². The number of carbonyl (C=O) groups excluding carboxylic acids is 3. The topological polar surface area (TPSA) is 78.5 Å². The minimum atomic E-state index is -1.34. The molecule has 1 fully saturated rings. The molecule has 0 saturated carbocycles. The maximum Gasteiger partial charge on any atom is 0.325 e. The van der Waals surface area contributed by atoms with Crippen molar-refractivity contribution >= 4 is 17.8 Å². The number of halogens is 2. The number of imide groups is 1. The molecule has 0 bridgehead atoms. The fourth-order valence-electron chi connectivity index (χ4n) is 3.49. The molecular formula is C22H23F2N3O3. The third-order valence-corrected chi connectivity index (χ3v) is 5.15. The summed E-state index contributed by atoms with van der Waals surface area (Å²) in [6.45, 7) is 1.40. The molecule has 6 nitrogen and oxygen atoms in total. The van der Waals surface area contributed by atoms with Crippen LogP contribution in [0.3, 0.4) is 0 Å². The molecule has 2 aromatic rings. The van der Waals surface area contributed by atoms with Gasteiger partial charge in [-0.3, -0.25) is 14.5 Å². The number of rotatable bonds is 8. The highest BCUT2D eigenvalue weighted by Crippen LogP contribution is 2.34.